The highest BCUT2D eigenvalue weighted by molar-refractivity contribution is 5.76. The molecule has 0 saturated carbocycles. The van der Waals surface area contributed by atoms with Crippen molar-refractivity contribution in [2.45, 2.75) is 39.0 Å². The van der Waals surface area contributed by atoms with Crippen LogP contribution < -0.4 is 10.6 Å². The fourth-order valence-corrected chi connectivity index (χ4v) is 2.63. The zero-order chi connectivity index (χ0) is 14.9. The van der Waals surface area contributed by atoms with Crippen molar-refractivity contribution in [1.82, 2.24) is 5.32 Å². The third kappa shape index (κ3) is 5.05. The topological polar surface area (TPSA) is 50.4 Å². The molecule has 4 nitrogen and oxygen atoms in total. The average Bonchev–Trinajstić information content (AvgIpc) is 2.52. The Morgan fingerprint density at radius 1 is 1.38 bits per heavy atom. The van der Waals surface area contributed by atoms with Crippen LogP contribution in [0.2, 0.25) is 0 Å². The molecule has 0 fully saturated rings. The van der Waals surface area contributed by atoms with E-state index in [4.69, 9.17) is 4.74 Å². The molecule has 2 rings (SSSR count). The number of rotatable bonds is 8. The Balaban J connectivity index is 1.72. The SMILES string of the molecule is CCCOCCC(=O)NCCc1cccc2c1NCCC2. The third-order valence-corrected chi connectivity index (χ3v) is 3.70. The Hall–Kier alpha value is -1.55. The second-order valence-corrected chi connectivity index (χ2v) is 5.44. The van der Waals surface area contributed by atoms with Crippen LogP contribution in [0.15, 0.2) is 18.2 Å². The quantitative estimate of drug-likeness (QED) is 0.723. The predicted molar refractivity (Wildman–Crippen MR) is 85.7 cm³/mol. The number of benzene rings is 1. The lowest BCUT2D eigenvalue weighted by Crippen LogP contribution is -2.27. The highest BCUT2D eigenvalue weighted by Gasteiger charge is 2.12. The molecule has 0 atom stereocenters. The highest BCUT2D eigenvalue weighted by atomic mass is 16.5. The van der Waals surface area contributed by atoms with Crippen molar-refractivity contribution in [1.29, 1.82) is 0 Å². The van der Waals surface area contributed by atoms with E-state index < -0.39 is 0 Å². The van der Waals surface area contributed by atoms with E-state index >= 15 is 0 Å². The van der Waals surface area contributed by atoms with Gasteiger partial charge >= 0.3 is 0 Å². The van der Waals surface area contributed by atoms with Gasteiger partial charge in [-0.15, -0.1) is 0 Å². The summed E-state index contributed by atoms with van der Waals surface area (Å²) in [6.45, 7) is 5.04. The van der Waals surface area contributed by atoms with Crippen molar-refractivity contribution in [3.8, 4) is 0 Å². The maximum Gasteiger partial charge on any atom is 0.222 e. The smallest absolute Gasteiger partial charge is 0.222 e. The molecule has 21 heavy (non-hydrogen) atoms. The predicted octanol–water partition coefficient (Wildman–Crippen LogP) is 2.52. The monoisotopic (exact) mass is 290 g/mol. The molecule has 2 N–H and O–H groups in total. The molecule has 1 amide bonds. The lowest BCUT2D eigenvalue weighted by atomic mass is 9.98. The van der Waals surface area contributed by atoms with Crippen molar-refractivity contribution >= 4 is 11.6 Å². The fourth-order valence-electron chi connectivity index (χ4n) is 2.63. The number of fused-ring (bicyclic) bond motifs is 1. The number of amides is 1. The van der Waals surface area contributed by atoms with Crippen molar-refractivity contribution in [3.05, 3.63) is 29.3 Å². The van der Waals surface area contributed by atoms with Crippen molar-refractivity contribution in [2.75, 3.05) is 31.6 Å². The largest absolute Gasteiger partial charge is 0.385 e. The molecule has 0 aromatic heterocycles. The molecule has 0 spiro atoms. The third-order valence-electron chi connectivity index (χ3n) is 3.70. The number of ether oxygens (including phenoxy) is 1. The highest BCUT2D eigenvalue weighted by Crippen LogP contribution is 2.26. The van der Waals surface area contributed by atoms with Gasteiger partial charge in [-0.3, -0.25) is 4.79 Å². The molecule has 4 heteroatoms. The zero-order valence-electron chi connectivity index (χ0n) is 12.9. The second-order valence-electron chi connectivity index (χ2n) is 5.44. The molecule has 1 aromatic rings. The van der Waals surface area contributed by atoms with E-state index in [-0.39, 0.29) is 5.91 Å². The summed E-state index contributed by atoms with van der Waals surface area (Å²) in [6.07, 6.45) is 4.67. The Morgan fingerprint density at radius 2 is 2.29 bits per heavy atom. The number of anilines is 1. The van der Waals surface area contributed by atoms with Gasteiger partial charge in [0.2, 0.25) is 5.91 Å². The van der Waals surface area contributed by atoms with E-state index in [0.29, 0.717) is 19.6 Å². The van der Waals surface area contributed by atoms with E-state index in [0.717, 1.165) is 32.4 Å². The number of carbonyl (C=O) groups excluding carboxylic acids is 1. The average molecular weight is 290 g/mol. The van der Waals surface area contributed by atoms with E-state index in [9.17, 15) is 4.79 Å². The first-order chi connectivity index (χ1) is 10.3. The summed E-state index contributed by atoms with van der Waals surface area (Å²) in [7, 11) is 0. The summed E-state index contributed by atoms with van der Waals surface area (Å²) in [4.78, 5) is 11.7. The molecule has 1 heterocycles. The van der Waals surface area contributed by atoms with Crippen LogP contribution in [-0.2, 0) is 22.4 Å². The van der Waals surface area contributed by atoms with Gasteiger partial charge in [-0.2, -0.15) is 0 Å². The molecule has 0 bridgehead atoms. The van der Waals surface area contributed by atoms with Crippen LogP contribution in [0.4, 0.5) is 5.69 Å². The summed E-state index contributed by atoms with van der Waals surface area (Å²) in [5, 5.41) is 6.45. The van der Waals surface area contributed by atoms with Gasteiger partial charge in [-0.25, -0.2) is 0 Å². The summed E-state index contributed by atoms with van der Waals surface area (Å²) in [5.41, 5.74) is 3.98. The fraction of sp³-hybridized carbons (Fsp3) is 0.588. The van der Waals surface area contributed by atoms with Gasteiger partial charge in [0.1, 0.15) is 0 Å². The minimum absolute atomic E-state index is 0.0730. The summed E-state index contributed by atoms with van der Waals surface area (Å²) >= 11 is 0. The Bertz CT molecular complexity index is 460. The van der Waals surface area contributed by atoms with Crippen molar-refractivity contribution in [3.63, 3.8) is 0 Å². The van der Waals surface area contributed by atoms with Crippen LogP contribution in [0.3, 0.4) is 0 Å². The number of carbonyl (C=O) groups is 1. The minimum Gasteiger partial charge on any atom is -0.385 e. The summed E-state index contributed by atoms with van der Waals surface area (Å²) in [5.74, 6) is 0.0730. The van der Waals surface area contributed by atoms with Gasteiger partial charge < -0.3 is 15.4 Å². The molecule has 0 radical (unpaired) electrons. The Labute approximate surface area is 127 Å². The molecule has 0 aliphatic carbocycles. The Kier molecular flexibility index (Phi) is 6.54. The van der Waals surface area contributed by atoms with Gasteiger partial charge in [0, 0.05) is 31.8 Å². The first kappa shape index (κ1) is 15.8. The molecule has 1 aliphatic heterocycles. The van der Waals surface area contributed by atoms with Crippen LogP contribution in [0.25, 0.3) is 0 Å². The molecule has 0 unspecified atom stereocenters. The Morgan fingerprint density at radius 3 is 3.14 bits per heavy atom. The summed E-state index contributed by atoms with van der Waals surface area (Å²) < 4.78 is 5.32. The number of hydrogen-bond acceptors (Lipinski definition) is 3. The zero-order valence-corrected chi connectivity index (χ0v) is 12.9. The van der Waals surface area contributed by atoms with Crippen molar-refractivity contribution in [2.24, 2.45) is 0 Å². The number of nitrogens with one attached hydrogen (secondary N) is 2. The number of aryl methyl sites for hydroxylation is 1. The van der Waals surface area contributed by atoms with Gasteiger partial charge in [0.15, 0.2) is 0 Å². The summed E-state index contributed by atoms with van der Waals surface area (Å²) in [6, 6.07) is 6.45. The van der Waals surface area contributed by atoms with Crippen LogP contribution in [0.1, 0.15) is 37.3 Å². The maximum atomic E-state index is 11.7. The second kappa shape index (κ2) is 8.67. The van der Waals surface area contributed by atoms with Crippen LogP contribution in [0, 0.1) is 0 Å². The lowest BCUT2D eigenvalue weighted by molar-refractivity contribution is -0.122. The number of hydrogen-bond donors (Lipinski definition) is 2. The van der Waals surface area contributed by atoms with E-state index in [1.807, 2.05) is 0 Å². The molecule has 1 aliphatic rings. The first-order valence-electron chi connectivity index (χ1n) is 8.00. The number of para-hydroxylation sites is 1. The van der Waals surface area contributed by atoms with Gasteiger partial charge in [0.05, 0.1) is 6.61 Å². The van der Waals surface area contributed by atoms with Crippen LogP contribution in [-0.4, -0.2) is 32.2 Å². The molecular weight excluding hydrogens is 264 g/mol. The minimum atomic E-state index is 0.0730. The normalized spacial score (nSPS) is 13.4. The molecule has 116 valence electrons. The van der Waals surface area contributed by atoms with Gasteiger partial charge in [-0.1, -0.05) is 25.1 Å². The molecular formula is C17H26N2O2. The lowest BCUT2D eigenvalue weighted by Gasteiger charge is -2.21. The first-order valence-corrected chi connectivity index (χ1v) is 8.00. The molecule has 1 aromatic carbocycles. The molecule has 0 saturated heterocycles. The van der Waals surface area contributed by atoms with Crippen molar-refractivity contribution < 1.29 is 9.53 Å². The van der Waals surface area contributed by atoms with E-state index in [2.05, 4.69) is 35.8 Å². The van der Waals surface area contributed by atoms with Crippen LogP contribution in [0.5, 0.6) is 0 Å². The van der Waals surface area contributed by atoms with E-state index in [1.165, 1.54) is 23.2 Å². The standard InChI is InChI=1S/C17H26N2O2/c1-2-12-21-13-9-16(20)18-11-8-15-6-3-5-14-7-4-10-19-17(14)15/h3,5-6,19H,2,4,7-13H2,1H3,(H,18,20). The van der Waals surface area contributed by atoms with Gasteiger partial charge in [-0.05, 0) is 36.8 Å². The maximum absolute atomic E-state index is 11.7. The van der Waals surface area contributed by atoms with Gasteiger partial charge in [0.25, 0.3) is 0 Å². The van der Waals surface area contributed by atoms with E-state index in [1.54, 1.807) is 0 Å². The van der Waals surface area contributed by atoms with Crippen LogP contribution >= 0.6 is 0 Å².